The van der Waals surface area contributed by atoms with E-state index in [0.29, 0.717) is 33.8 Å². The number of nitrogens with two attached hydrogens (primary N) is 1. The van der Waals surface area contributed by atoms with Crippen LogP contribution in [0.1, 0.15) is 70.2 Å². The van der Waals surface area contributed by atoms with Gasteiger partial charge in [0.15, 0.2) is 5.13 Å². The molecule has 1 amide bonds. The second-order valence-electron chi connectivity index (χ2n) is 11.3. The van der Waals surface area contributed by atoms with Gasteiger partial charge < -0.3 is 20.1 Å². The predicted molar refractivity (Wildman–Crippen MR) is 173 cm³/mol. The lowest BCUT2D eigenvalue weighted by atomic mass is 9.99. The standard InChI is InChI=1S/C33H45N5O3S/c1-6-7-18-40-26(5)30(13-8-24(3)34)41-31-20-35-33(42-31)36-32(39)28-9-11-29(12-10-28)38-22-27(19-25(38)4)21-37-16-14-23(2)15-17-37/h8-13,20,22-23,26H,4,6-7,14-19,21,34H2,1-3,5H3,(H,35,36,39)/b24-8+,30-13+. The van der Waals surface area contributed by atoms with Crippen LogP contribution in [0.3, 0.4) is 0 Å². The number of piperidine rings is 1. The molecule has 0 spiro atoms. The minimum atomic E-state index is -0.253. The van der Waals surface area contributed by atoms with Crippen LogP contribution in [0.2, 0.25) is 0 Å². The Morgan fingerprint density at radius 3 is 2.69 bits per heavy atom. The van der Waals surface area contributed by atoms with E-state index in [-0.39, 0.29) is 12.0 Å². The predicted octanol–water partition coefficient (Wildman–Crippen LogP) is 7.07. The summed E-state index contributed by atoms with van der Waals surface area (Å²) in [5.41, 5.74) is 10.5. The molecule has 0 aliphatic carbocycles. The average Bonchev–Trinajstić information content (AvgIpc) is 3.57. The van der Waals surface area contributed by atoms with Crippen LogP contribution in [-0.2, 0) is 4.74 Å². The van der Waals surface area contributed by atoms with Gasteiger partial charge in [-0.2, -0.15) is 0 Å². The number of ether oxygens (including phenoxy) is 2. The molecule has 1 saturated heterocycles. The molecule has 1 aromatic carbocycles. The van der Waals surface area contributed by atoms with Crippen molar-refractivity contribution < 1.29 is 14.3 Å². The maximum Gasteiger partial charge on any atom is 0.257 e. The zero-order chi connectivity index (χ0) is 30.1. The summed E-state index contributed by atoms with van der Waals surface area (Å²) < 4.78 is 12.0. The summed E-state index contributed by atoms with van der Waals surface area (Å²) in [6.45, 7) is 16.5. The largest absolute Gasteiger partial charge is 0.447 e. The summed E-state index contributed by atoms with van der Waals surface area (Å²) in [7, 11) is 0. The highest BCUT2D eigenvalue weighted by Gasteiger charge is 2.23. The Morgan fingerprint density at radius 2 is 2.00 bits per heavy atom. The van der Waals surface area contributed by atoms with Gasteiger partial charge in [-0.3, -0.25) is 15.0 Å². The van der Waals surface area contributed by atoms with Gasteiger partial charge in [0.2, 0.25) is 5.06 Å². The Hall–Kier alpha value is -3.40. The van der Waals surface area contributed by atoms with Crippen LogP contribution in [-0.4, -0.2) is 48.1 Å². The van der Waals surface area contributed by atoms with Crippen molar-refractivity contribution in [3.05, 3.63) is 83.7 Å². The number of nitrogens with zero attached hydrogens (tertiary/aromatic N) is 3. The molecule has 2 aliphatic rings. The first-order chi connectivity index (χ1) is 20.2. The van der Waals surface area contributed by atoms with E-state index in [1.807, 2.05) is 44.2 Å². The molecule has 3 N–H and O–H groups in total. The Labute approximate surface area is 254 Å². The molecule has 9 heteroatoms. The van der Waals surface area contributed by atoms with Gasteiger partial charge in [0, 0.05) is 48.4 Å². The molecule has 4 rings (SSSR count). The number of anilines is 2. The number of amides is 1. The number of hydrogen-bond acceptors (Lipinski definition) is 8. The van der Waals surface area contributed by atoms with Crippen molar-refractivity contribution in [2.75, 3.05) is 36.5 Å². The molecule has 1 atom stereocenters. The Balaban J connectivity index is 1.34. The number of allylic oxidation sites excluding steroid dienone is 4. The third-order valence-corrected chi connectivity index (χ3v) is 8.29. The average molecular weight is 592 g/mol. The molecule has 8 nitrogen and oxygen atoms in total. The van der Waals surface area contributed by atoms with Gasteiger partial charge >= 0.3 is 0 Å². The molecule has 1 aromatic heterocycles. The first kappa shape index (κ1) is 31.5. The topological polar surface area (TPSA) is 93.0 Å². The number of thiazole rings is 1. The highest BCUT2D eigenvalue weighted by Crippen LogP contribution is 2.32. The molecular formula is C33H45N5O3S. The molecule has 0 bridgehead atoms. The van der Waals surface area contributed by atoms with Gasteiger partial charge in [-0.05, 0) is 94.1 Å². The number of unbranched alkanes of at least 4 members (excludes halogenated alkanes) is 1. The van der Waals surface area contributed by atoms with Crippen LogP contribution in [0.5, 0.6) is 5.06 Å². The fourth-order valence-electron chi connectivity index (χ4n) is 4.90. The van der Waals surface area contributed by atoms with Crippen LogP contribution in [0.4, 0.5) is 10.8 Å². The molecule has 0 saturated carbocycles. The fraction of sp³-hybridized carbons (Fsp3) is 0.455. The van der Waals surface area contributed by atoms with Gasteiger partial charge in [-0.25, -0.2) is 4.98 Å². The maximum atomic E-state index is 13.0. The van der Waals surface area contributed by atoms with Gasteiger partial charge in [0.1, 0.15) is 11.9 Å². The van der Waals surface area contributed by atoms with Crippen molar-refractivity contribution in [3.8, 4) is 5.06 Å². The van der Waals surface area contributed by atoms with E-state index in [2.05, 4.69) is 46.7 Å². The van der Waals surface area contributed by atoms with E-state index < -0.39 is 0 Å². The number of rotatable bonds is 13. The first-order valence-electron chi connectivity index (χ1n) is 14.9. The highest BCUT2D eigenvalue weighted by atomic mass is 32.1. The smallest absolute Gasteiger partial charge is 0.257 e. The molecule has 2 aromatic rings. The van der Waals surface area contributed by atoms with Gasteiger partial charge in [-0.15, -0.1) is 0 Å². The van der Waals surface area contributed by atoms with Crippen molar-refractivity contribution >= 4 is 28.1 Å². The summed E-state index contributed by atoms with van der Waals surface area (Å²) in [4.78, 5) is 22.0. The molecule has 226 valence electrons. The van der Waals surface area contributed by atoms with Crippen molar-refractivity contribution in [2.24, 2.45) is 11.7 Å². The lowest BCUT2D eigenvalue weighted by Crippen LogP contribution is -2.34. The number of nitrogens with one attached hydrogen (secondary N) is 1. The third kappa shape index (κ3) is 9.05. The number of hydrogen-bond donors (Lipinski definition) is 2. The Bertz CT molecular complexity index is 1300. The fourth-order valence-corrected chi connectivity index (χ4v) is 5.59. The molecule has 0 radical (unpaired) electrons. The number of likely N-dealkylation sites (tertiary alicyclic amines) is 1. The summed E-state index contributed by atoms with van der Waals surface area (Å²) in [6, 6.07) is 7.59. The Morgan fingerprint density at radius 1 is 1.26 bits per heavy atom. The molecule has 1 fully saturated rings. The van der Waals surface area contributed by atoms with E-state index >= 15 is 0 Å². The minimum Gasteiger partial charge on any atom is -0.447 e. The summed E-state index contributed by atoms with van der Waals surface area (Å²) >= 11 is 1.26. The van der Waals surface area contributed by atoms with Gasteiger partial charge in [-0.1, -0.05) is 38.2 Å². The van der Waals surface area contributed by atoms with Crippen molar-refractivity contribution in [1.29, 1.82) is 0 Å². The van der Waals surface area contributed by atoms with E-state index in [0.717, 1.165) is 56.2 Å². The summed E-state index contributed by atoms with van der Waals surface area (Å²) in [6.07, 6.45) is 12.6. The normalized spacial score (nSPS) is 17.9. The van der Waals surface area contributed by atoms with E-state index in [1.165, 1.54) is 29.8 Å². The lowest BCUT2D eigenvalue weighted by Gasteiger charge is -2.30. The van der Waals surface area contributed by atoms with Crippen LogP contribution >= 0.6 is 11.3 Å². The van der Waals surface area contributed by atoms with Crippen molar-refractivity contribution in [1.82, 2.24) is 9.88 Å². The van der Waals surface area contributed by atoms with Crippen LogP contribution in [0.25, 0.3) is 0 Å². The highest BCUT2D eigenvalue weighted by molar-refractivity contribution is 7.17. The first-order valence-corrected chi connectivity index (χ1v) is 15.7. The molecule has 2 aliphatic heterocycles. The number of carbonyl (C=O) groups excluding carboxylic acids is 1. The van der Waals surface area contributed by atoms with E-state index in [9.17, 15) is 4.79 Å². The lowest BCUT2D eigenvalue weighted by molar-refractivity contribution is 0.0640. The van der Waals surface area contributed by atoms with Crippen LogP contribution in [0, 0.1) is 5.92 Å². The molecular weight excluding hydrogens is 546 g/mol. The monoisotopic (exact) mass is 591 g/mol. The number of aromatic nitrogens is 1. The third-order valence-electron chi connectivity index (χ3n) is 7.49. The number of carbonyl (C=O) groups is 1. The maximum absolute atomic E-state index is 13.0. The van der Waals surface area contributed by atoms with Crippen molar-refractivity contribution in [3.63, 3.8) is 0 Å². The Kier molecular flexibility index (Phi) is 11.4. The van der Waals surface area contributed by atoms with E-state index in [4.69, 9.17) is 15.2 Å². The number of benzene rings is 1. The van der Waals surface area contributed by atoms with E-state index in [1.54, 1.807) is 12.3 Å². The quantitative estimate of drug-likeness (QED) is 0.146. The van der Waals surface area contributed by atoms with Gasteiger partial charge in [0.25, 0.3) is 5.91 Å². The molecule has 42 heavy (non-hydrogen) atoms. The zero-order valence-electron chi connectivity index (χ0n) is 25.4. The van der Waals surface area contributed by atoms with Crippen LogP contribution in [0.15, 0.2) is 78.1 Å². The zero-order valence-corrected chi connectivity index (χ0v) is 26.2. The SMILES string of the molecule is C=C1CC(CN2CCC(C)CC2)=CN1c1ccc(C(=O)Nc2ncc(O/C(=C/C=C(\C)N)C(C)OCCCC)s2)cc1. The summed E-state index contributed by atoms with van der Waals surface area (Å²) in [5, 5.41) is 3.89. The minimum absolute atomic E-state index is 0.230. The van der Waals surface area contributed by atoms with Crippen LogP contribution < -0.4 is 20.7 Å². The summed E-state index contributed by atoms with van der Waals surface area (Å²) in [5.74, 6) is 1.22. The van der Waals surface area contributed by atoms with Gasteiger partial charge in [0.05, 0.1) is 6.20 Å². The second-order valence-corrected chi connectivity index (χ2v) is 12.3. The molecule has 3 heterocycles. The molecule has 1 unspecified atom stereocenters. The second kappa shape index (κ2) is 15.2. The van der Waals surface area contributed by atoms with Crippen molar-refractivity contribution in [2.45, 2.75) is 65.9 Å².